The molecule has 110 valence electrons. The Morgan fingerprint density at radius 2 is 1.68 bits per heavy atom. The number of hydrogen-bond donors (Lipinski definition) is 1. The monoisotopic (exact) mass is 293 g/mol. The number of Topliss-reactive ketones (excluding diaryl/α,β-unsaturated/α-hetero) is 1. The van der Waals surface area contributed by atoms with Crippen molar-refractivity contribution in [1.29, 1.82) is 0 Å². The fourth-order valence-corrected chi connectivity index (χ4v) is 2.47. The van der Waals surface area contributed by atoms with Crippen molar-refractivity contribution in [2.45, 2.75) is 13.8 Å². The number of fused-ring (bicyclic) bond motifs is 1. The molecule has 1 heterocycles. The maximum Gasteiger partial charge on any atom is 0.291 e. The Labute approximate surface area is 127 Å². The van der Waals surface area contributed by atoms with Crippen molar-refractivity contribution in [2.24, 2.45) is 0 Å². The Morgan fingerprint density at radius 3 is 2.41 bits per heavy atom. The number of carbonyl (C=O) groups excluding carboxylic acids is 2. The summed E-state index contributed by atoms with van der Waals surface area (Å²) in [6, 6.07) is 14.4. The smallest absolute Gasteiger partial charge is 0.291 e. The van der Waals surface area contributed by atoms with Gasteiger partial charge in [-0.2, -0.15) is 0 Å². The van der Waals surface area contributed by atoms with Gasteiger partial charge in [0.1, 0.15) is 5.58 Å². The van der Waals surface area contributed by atoms with Crippen molar-refractivity contribution in [3.63, 3.8) is 0 Å². The topological polar surface area (TPSA) is 59.3 Å². The zero-order valence-corrected chi connectivity index (χ0v) is 12.3. The zero-order chi connectivity index (χ0) is 15.7. The molecule has 0 radical (unpaired) electrons. The Hall–Kier alpha value is -2.88. The van der Waals surface area contributed by atoms with E-state index in [0.29, 0.717) is 16.8 Å². The van der Waals surface area contributed by atoms with Crippen molar-refractivity contribution < 1.29 is 14.0 Å². The molecule has 0 spiro atoms. The fraction of sp³-hybridized carbons (Fsp3) is 0.111. The van der Waals surface area contributed by atoms with Crippen molar-refractivity contribution in [1.82, 2.24) is 0 Å². The summed E-state index contributed by atoms with van der Waals surface area (Å²) in [6.07, 6.45) is 0. The minimum Gasteiger partial charge on any atom is -0.451 e. The largest absolute Gasteiger partial charge is 0.451 e. The first-order chi connectivity index (χ1) is 10.6. The number of aryl methyl sites for hydroxylation is 1. The Morgan fingerprint density at radius 1 is 1.00 bits per heavy atom. The molecule has 0 aliphatic rings. The molecule has 0 fully saturated rings. The molecular formula is C18H15NO3. The molecule has 0 saturated heterocycles. The number of benzene rings is 2. The van der Waals surface area contributed by atoms with Crippen LogP contribution in [0, 0.1) is 6.92 Å². The predicted molar refractivity (Wildman–Crippen MR) is 85.4 cm³/mol. The van der Waals surface area contributed by atoms with Gasteiger partial charge in [0, 0.05) is 16.5 Å². The van der Waals surface area contributed by atoms with Crippen LogP contribution in [0.4, 0.5) is 5.69 Å². The van der Waals surface area contributed by atoms with Gasteiger partial charge in [0.2, 0.25) is 0 Å². The lowest BCUT2D eigenvalue weighted by molar-refractivity contribution is 0.0998. The molecule has 4 heteroatoms. The minimum absolute atomic E-state index is 0.0998. The molecule has 2 aromatic carbocycles. The lowest BCUT2D eigenvalue weighted by atomic mass is 10.1. The van der Waals surface area contributed by atoms with Gasteiger partial charge in [0.15, 0.2) is 11.5 Å². The van der Waals surface area contributed by atoms with Gasteiger partial charge in [-0.1, -0.05) is 30.3 Å². The highest BCUT2D eigenvalue weighted by molar-refractivity contribution is 6.10. The maximum absolute atomic E-state index is 12.5. The van der Waals surface area contributed by atoms with E-state index in [1.807, 2.05) is 31.2 Å². The normalized spacial score (nSPS) is 10.6. The first-order valence-corrected chi connectivity index (χ1v) is 6.97. The minimum atomic E-state index is -0.359. The number of carbonyl (C=O) groups is 2. The Balaban J connectivity index is 1.98. The van der Waals surface area contributed by atoms with Crippen molar-refractivity contribution in [2.75, 3.05) is 5.32 Å². The van der Waals surface area contributed by atoms with Gasteiger partial charge in [-0.25, -0.2) is 0 Å². The SMILES string of the molecule is CC(=O)c1ccccc1NC(=O)c1oc2ccccc2c1C. The van der Waals surface area contributed by atoms with E-state index in [2.05, 4.69) is 5.32 Å². The summed E-state index contributed by atoms with van der Waals surface area (Å²) in [5, 5.41) is 3.67. The Bertz CT molecular complexity index is 877. The highest BCUT2D eigenvalue weighted by atomic mass is 16.3. The van der Waals surface area contributed by atoms with Crippen molar-refractivity contribution >= 4 is 28.3 Å². The summed E-state index contributed by atoms with van der Waals surface area (Å²) < 4.78 is 5.64. The molecule has 0 aliphatic heterocycles. The second kappa shape index (κ2) is 5.48. The van der Waals surface area contributed by atoms with Gasteiger partial charge in [-0.05, 0) is 32.0 Å². The highest BCUT2D eigenvalue weighted by Gasteiger charge is 2.18. The molecule has 22 heavy (non-hydrogen) atoms. The van der Waals surface area contributed by atoms with Crippen LogP contribution >= 0.6 is 0 Å². The molecule has 1 amide bonds. The van der Waals surface area contributed by atoms with Crippen LogP contribution in [0.2, 0.25) is 0 Å². The van der Waals surface area contributed by atoms with E-state index >= 15 is 0 Å². The second-order valence-corrected chi connectivity index (χ2v) is 5.11. The number of para-hydroxylation sites is 2. The number of ketones is 1. The molecule has 1 N–H and O–H groups in total. The van der Waals surface area contributed by atoms with E-state index in [9.17, 15) is 9.59 Å². The first-order valence-electron chi connectivity index (χ1n) is 6.97. The number of amides is 1. The fourth-order valence-electron chi connectivity index (χ4n) is 2.47. The van der Waals surface area contributed by atoms with Crippen LogP contribution in [0.5, 0.6) is 0 Å². The van der Waals surface area contributed by atoms with Crippen LogP contribution in [0.25, 0.3) is 11.0 Å². The van der Waals surface area contributed by atoms with E-state index in [1.165, 1.54) is 6.92 Å². The first kappa shape index (κ1) is 14.1. The summed E-state index contributed by atoms with van der Waals surface area (Å²) in [6.45, 7) is 3.31. The second-order valence-electron chi connectivity index (χ2n) is 5.11. The molecule has 3 rings (SSSR count). The van der Waals surface area contributed by atoms with E-state index in [0.717, 1.165) is 10.9 Å². The summed E-state index contributed by atoms with van der Waals surface area (Å²) in [5.41, 5.74) is 2.42. The Kier molecular flexibility index (Phi) is 3.51. The molecule has 0 atom stereocenters. The van der Waals surface area contributed by atoms with E-state index in [4.69, 9.17) is 4.42 Å². The van der Waals surface area contributed by atoms with Gasteiger partial charge in [0.25, 0.3) is 5.91 Å². The van der Waals surface area contributed by atoms with Gasteiger partial charge in [0.05, 0.1) is 5.69 Å². The van der Waals surface area contributed by atoms with Gasteiger partial charge in [-0.3, -0.25) is 9.59 Å². The number of furan rings is 1. The van der Waals surface area contributed by atoms with Crippen molar-refractivity contribution in [3.05, 3.63) is 65.4 Å². The summed E-state index contributed by atoms with van der Waals surface area (Å²) in [4.78, 5) is 24.1. The number of rotatable bonds is 3. The molecule has 0 aliphatic carbocycles. The van der Waals surface area contributed by atoms with E-state index < -0.39 is 0 Å². The van der Waals surface area contributed by atoms with Crippen LogP contribution in [-0.2, 0) is 0 Å². The third kappa shape index (κ3) is 2.39. The highest BCUT2D eigenvalue weighted by Crippen LogP contribution is 2.26. The lowest BCUT2D eigenvalue weighted by Crippen LogP contribution is -2.14. The standard InChI is InChI=1S/C18H15NO3/c1-11-13-7-4-6-10-16(13)22-17(11)18(21)19-15-9-5-3-8-14(15)12(2)20/h3-10H,1-2H3,(H,19,21). The van der Waals surface area contributed by atoms with E-state index in [-0.39, 0.29) is 17.5 Å². The number of nitrogens with one attached hydrogen (secondary N) is 1. The van der Waals surface area contributed by atoms with Crippen LogP contribution in [0.3, 0.4) is 0 Å². The predicted octanol–water partition coefficient (Wildman–Crippen LogP) is 4.20. The van der Waals surface area contributed by atoms with Gasteiger partial charge in [-0.15, -0.1) is 0 Å². The van der Waals surface area contributed by atoms with Crippen LogP contribution < -0.4 is 5.32 Å². The molecular weight excluding hydrogens is 278 g/mol. The van der Waals surface area contributed by atoms with Gasteiger partial charge >= 0.3 is 0 Å². The van der Waals surface area contributed by atoms with Crippen LogP contribution in [0.15, 0.2) is 52.9 Å². The maximum atomic E-state index is 12.5. The zero-order valence-electron chi connectivity index (χ0n) is 12.3. The average Bonchev–Trinajstić information content (AvgIpc) is 2.85. The third-order valence-corrected chi connectivity index (χ3v) is 3.60. The van der Waals surface area contributed by atoms with Crippen LogP contribution in [0.1, 0.15) is 33.4 Å². The van der Waals surface area contributed by atoms with Gasteiger partial charge < -0.3 is 9.73 Å². The molecule has 4 nitrogen and oxygen atoms in total. The summed E-state index contributed by atoms with van der Waals surface area (Å²) in [7, 11) is 0. The van der Waals surface area contributed by atoms with Crippen LogP contribution in [-0.4, -0.2) is 11.7 Å². The third-order valence-electron chi connectivity index (χ3n) is 3.60. The van der Waals surface area contributed by atoms with Crippen molar-refractivity contribution in [3.8, 4) is 0 Å². The number of hydrogen-bond acceptors (Lipinski definition) is 3. The molecule has 0 bridgehead atoms. The quantitative estimate of drug-likeness (QED) is 0.736. The van der Waals surface area contributed by atoms with E-state index in [1.54, 1.807) is 24.3 Å². The average molecular weight is 293 g/mol. The summed E-state index contributed by atoms with van der Waals surface area (Å²) >= 11 is 0. The summed E-state index contributed by atoms with van der Waals surface area (Å²) in [5.74, 6) is -0.195. The molecule has 1 aromatic heterocycles. The number of anilines is 1. The molecule has 3 aromatic rings. The molecule has 0 unspecified atom stereocenters. The molecule has 0 saturated carbocycles. The lowest BCUT2D eigenvalue weighted by Gasteiger charge is -2.07.